The van der Waals surface area contributed by atoms with E-state index < -0.39 is 0 Å². The highest BCUT2D eigenvalue weighted by atomic mass is 16.4. The van der Waals surface area contributed by atoms with Crippen LogP contribution in [0, 0.1) is 0 Å². The third kappa shape index (κ3) is 12.0. The van der Waals surface area contributed by atoms with Gasteiger partial charge in [0.2, 0.25) is 11.8 Å². The zero-order valence-corrected chi connectivity index (χ0v) is 56.1. The van der Waals surface area contributed by atoms with Crippen LogP contribution in [-0.4, -0.2) is 19.9 Å². The van der Waals surface area contributed by atoms with Crippen molar-refractivity contribution < 1.29 is 8.83 Å². The van der Waals surface area contributed by atoms with Crippen molar-refractivity contribution >= 4 is 33.3 Å². The summed E-state index contributed by atoms with van der Waals surface area (Å²) < 4.78 is 13.5. The lowest BCUT2D eigenvalue weighted by molar-refractivity contribution is 0.619. The summed E-state index contributed by atoms with van der Waals surface area (Å²) in [6, 6.07) is 102. The van der Waals surface area contributed by atoms with Crippen LogP contribution in [0.25, 0.3) is 157 Å². The fourth-order valence-electron chi connectivity index (χ4n) is 15.2. The molecule has 3 aliphatic rings. The second-order valence-corrected chi connectivity index (χ2v) is 26.5. The second-order valence-electron chi connectivity index (χ2n) is 26.5. The van der Waals surface area contributed by atoms with E-state index in [1.807, 2.05) is 24.4 Å². The van der Waals surface area contributed by atoms with E-state index in [-0.39, 0.29) is 11.8 Å². The maximum absolute atomic E-state index is 6.78. The number of benzene rings is 11. The smallest absolute Gasteiger partial charge is 0.227 e. The highest BCUT2D eigenvalue weighted by Crippen LogP contribution is 2.48. The summed E-state index contributed by atoms with van der Waals surface area (Å²) in [5.74, 6) is 1.72. The molecule has 0 saturated carbocycles. The Labute approximate surface area is 593 Å². The number of aromatic nitrogens is 4. The van der Waals surface area contributed by atoms with Crippen molar-refractivity contribution in [1.82, 2.24) is 19.9 Å². The quantitative estimate of drug-likeness (QED) is 0.102. The zero-order chi connectivity index (χ0) is 67.7. The minimum Gasteiger partial charge on any atom is -0.436 e. The number of rotatable bonds is 15. The minimum absolute atomic E-state index is 0.272. The molecule has 6 heteroatoms. The van der Waals surface area contributed by atoms with E-state index >= 15 is 0 Å². The second kappa shape index (κ2) is 27.1. The molecule has 0 radical (unpaired) electrons. The van der Waals surface area contributed by atoms with Crippen LogP contribution in [0.4, 0.5) is 0 Å². The van der Waals surface area contributed by atoms with Crippen LogP contribution in [0.3, 0.4) is 0 Å². The Balaban J connectivity index is 0.628. The van der Waals surface area contributed by atoms with Crippen molar-refractivity contribution in [3.8, 4) is 123 Å². The van der Waals surface area contributed by atoms with Gasteiger partial charge in [-0.2, -0.15) is 0 Å². The first kappa shape index (κ1) is 61.4. The molecule has 2 atom stereocenters. The van der Waals surface area contributed by atoms with Crippen LogP contribution >= 0.6 is 0 Å². The van der Waals surface area contributed by atoms with Crippen molar-refractivity contribution in [2.24, 2.45) is 0 Å². The molecule has 0 spiro atoms. The summed E-state index contributed by atoms with van der Waals surface area (Å²) >= 11 is 0. The SMILES string of the molecule is C1=CCC(c2ccccc2-c2cc3nc(-c4ccc(-c5ccc(-c6nc(-c7ccccn7)ccc6C6=CC=C(c7ccc(-c8nc9cc(-c%10ccccc%10-c%10ccccc%10)c(-c%10ccccc%10-c%10ccccc%10)cc9o8)cc7)CC6)cc5)cc4)oc3cc2-c2ccccc2C2C=CC=CC2)C=C1. The van der Waals surface area contributed by atoms with Crippen LogP contribution < -0.4 is 0 Å². The van der Waals surface area contributed by atoms with Gasteiger partial charge in [-0.05, 0) is 198 Å². The lowest BCUT2D eigenvalue weighted by Crippen LogP contribution is -2.02. The molecule has 18 rings (SSSR count). The molecular weight excluding hydrogens is 1240 g/mol. The van der Waals surface area contributed by atoms with Crippen LogP contribution in [0.2, 0.25) is 0 Å². The van der Waals surface area contributed by atoms with Gasteiger partial charge in [0.25, 0.3) is 0 Å². The highest BCUT2D eigenvalue weighted by Gasteiger charge is 2.26. The Morgan fingerprint density at radius 2 is 0.716 bits per heavy atom. The van der Waals surface area contributed by atoms with E-state index in [2.05, 4.69) is 328 Å². The molecule has 0 bridgehead atoms. The number of oxazole rings is 2. The van der Waals surface area contributed by atoms with Crippen molar-refractivity contribution in [2.75, 3.05) is 0 Å². The minimum atomic E-state index is 0.272. The number of allylic oxidation sites excluding steroid dienone is 12. The molecule has 11 aromatic carbocycles. The average molecular weight is 1310 g/mol. The van der Waals surface area contributed by atoms with Gasteiger partial charge in [0.05, 0.1) is 17.1 Å². The van der Waals surface area contributed by atoms with Crippen LogP contribution in [0.15, 0.2) is 361 Å². The highest BCUT2D eigenvalue weighted by molar-refractivity contribution is 6.01. The predicted molar refractivity (Wildman–Crippen MR) is 420 cm³/mol. The summed E-state index contributed by atoms with van der Waals surface area (Å²) in [6.07, 6.45) is 27.8. The molecule has 0 aliphatic heterocycles. The predicted octanol–water partition coefficient (Wildman–Crippen LogP) is 25.6. The molecule has 0 N–H and O–H groups in total. The van der Waals surface area contributed by atoms with Gasteiger partial charge in [0, 0.05) is 40.3 Å². The largest absolute Gasteiger partial charge is 0.436 e. The molecule has 2 unspecified atom stereocenters. The summed E-state index contributed by atoms with van der Waals surface area (Å²) in [4.78, 5) is 20.5. The van der Waals surface area contributed by atoms with Crippen LogP contribution in [-0.2, 0) is 0 Å². The zero-order valence-electron chi connectivity index (χ0n) is 56.1. The van der Waals surface area contributed by atoms with Gasteiger partial charge < -0.3 is 8.83 Å². The number of nitrogens with zero attached hydrogens (tertiary/aromatic N) is 4. The molecular formula is C96H68N4O2. The van der Waals surface area contributed by atoms with Crippen molar-refractivity contribution in [2.45, 2.75) is 37.5 Å². The first-order chi connectivity index (χ1) is 50.5. The molecule has 0 amide bonds. The Morgan fingerprint density at radius 3 is 1.22 bits per heavy atom. The van der Waals surface area contributed by atoms with E-state index in [4.69, 9.17) is 28.8 Å². The Kier molecular flexibility index (Phi) is 16.3. The van der Waals surface area contributed by atoms with E-state index in [1.54, 1.807) is 0 Å². The van der Waals surface area contributed by atoms with Gasteiger partial charge in [0.15, 0.2) is 11.2 Å². The van der Waals surface area contributed by atoms with E-state index in [9.17, 15) is 0 Å². The van der Waals surface area contributed by atoms with Crippen molar-refractivity contribution in [3.63, 3.8) is 0 Å². The van der Waals surface area contributed by atoms with E-state index in [1.165, 1.54) is 39.0 Å². The molecule has 3 aliphatic carbocycles. The summed E-state index contributed by atoms with van der Waals surface area (Å²) in [5.41, 5.74) is 31.9. The Hall–Kier alpha value is -12.9. The maximum atomic E-state index is 6.78. The summed E-state index contributed by atoms with van der Waals surface area (Å²) in [7, 11) is 0. The average Bonchev–Trinajstić information content (AvgIpc) is 1.42. The monoisotopic (exact) mass is 1310 g/mol. The van der Waals surface area contributed by atoms with E-state index in [0.29, 0.717) is 11.8 Å². The third-order valence-corrected chi connectivity index (χ3v) is 20.4. The van der Waals surface area contributed by atoms with Crippen molar-refractivity contribution in [3.05, 3.63) is 374 Å². The van der Waals surface area contributed by atoms with Crippen LogP contribution in [0.1, 0.15) is 59.8 Å². The topological polar surface area (TPSA) is 77.8 Å². The van der Waals surface area contributed by atoms with Gasteiger partial charge in [-0.25, -0.2) is 15.0 Å². The fourth-order valence-corrected chi connectivity index (χ4v) is 15.2. The standard InChI is InChI=1S/C96H68N4O2/c1-5-23-67(24-6-1)75-31-13-17-35-80(75)84-59-90-92(61-86(84)82-37-19-15-33-77(82)69-27-9-3-10-28-69)101-95(99-90)73-52-44-65(45-53-73)63-40-48-71(49-41-63)79-56-57-89(88-39-21-22-58-97-88)98-94(79)72-50-42-64(43-51-72)66-46-54-74(55-47-66)96-100-91-60-85(81-36-18-14-32-76(81)68-25-7-2-8-26-68)87(62-93(91)102-96)83-38-20-16-34-78(83)70-29-11-4-12-30-70/h1-25,27-29,31-40,42-48,50-62,68,70H,26,30,41,49H2. The van der Waals surface area contributed by atoms with E-state index in [0.717, 1.165) is 154 Å². The maximum Gasteiger partial charge on any atom is 0.227 e. The Morgan fingerprint density at radius 1 is 0.284 bits per heavy atom. The van der Waals surface area contributed by atoms with Crippen molar-refractivity contribution in [1.29, 1.82) is 0 Å². The van der Waals surface area contributed by atoms with Gasteiger partial charge in [-0.3, -0.25) is 4.98 Å². The molecule has 4 aromatic heterocycles. The summed E-state index contributed by atoms with van der Waals surface area (Å²) in [6.45, 7) is 0. The fraction of sp³-hybridized carbons (Fsp3) is 0.0625. The third-order valence-electron chi connectivity index (χ3n) is 20.4. The normalized spacial score (nSPS) is 14.9. The first-order valence-corrected chi connectivity index (χ1v) is 35.2. The molecule has 6 nitrogen and oxygen atoms in total. The van der Waals surface area contributed by atoms with Gasteiger partial charge in [-0.15, -0.1) is 0 Å². The first-order valence-electron chi connectivity index (χ1n) is 35.2. The molecule has 102 heavy (non-hydrogen) atoms. The Bertz CT molecular complexity index is 5620. The number of hydrogen-bond acceptors (Lipinski definition) is 6. The molecule has 0 saturated heterocycles. The molecule has 484 valence electrons. The number of hydrogen-bond donors (Lipinski definition) is 0. The van der Waals surface area contributed by atoms with Gasteiger partial charge in [0.1, 0.15) is 11.0 Å². The molecule has 0 fully saturated rings. The van der Waals surface area contributed by atoms with Gasteiger partial charge in [-0.1, -0.05) is 279 Å². The number of pyridine rings is 2. The molecule has 15 aromatic rings. The number of fused-ring (bicyclic) bond motifs is 2. The summed E-state index contributed by atoms with van der Waals surface area (Å²) in [5, 5.41) is 0. The lowest BCUT2D eigenvalue weighted by atomic mass is 9.81. The van der Waals surface area contributed by atoms with Gasteiger partial charge >= 0.3 is 0 Å². The van der Waals surface area contributed by atoms with Crippen LogP contribution in [0.5, 0.6) is 0 Å². The lowest BCUT2D eigenvalue weighted by Gasteiger charge is -2.22. The molecule has 4 heterocycles.